The Morgan fingerprint density at radius 3 is 3.11 bits per heavy atom. The van der Waals surface area contributed by atoms with E-state index in [9.17, 15) is 0 Å². The van der Waals surface area contributed by atoms with E-state index in [1.807, 2.05) is 6.92 Å². The second kappa shape index (κ2) is 5.52. The number of methoxy groups -OCH3 is 1. The van der Waals surface area contributed by atoms with Gasteiger partial charge in [-0.1, -0.05) is 0 Å². The molecule has 3 nitrogen and oxygen atoms in total. The number of hydrogen-bond acceptors (Lipinski definition) is 4. The summed E-state index contributed by atoms with van der Waals surface area (Å²) in [5.41, 5.74) is 1.44. The quantitative estimate of drug-likeness (QED) is 0.841. The smallest absolute Gasteiger partial charge is 0.174 e. The molecule has 0 spiro atoms. The van der Waals surface area contributed by atoms with Crippen molar-refractivity contribution < 1.29 is 14.2 Å². The van der Waals surface area contributed by atoms with Crippen LogP contribution in [0.3, 0.4) is 0 Å². The van der Waals surface area contributed by atoms with Crippen molar-refractivity contribution in [2.45, 2.75) is 50.6 Å². The van der Waals surface area contributed by atoms with E-state index < -0.39 is 5.79 Å². The highest BCUT2D eigenvalue weighted by Crippen LogP contribution is 2.53. The summed E-state index contributed by atoms with van der Waals surface area (Å²) >= 11 is 1.77. The fourth-order valence-electron chi connectivity index (χ4n) is 3.70. The molecule has 4 heteroatoms. The molecule has 4 unspecified atom stereocenters. The molecule has 1 aliphatic carbocycles. The van der Waals surface area contributed by atoms with E-state index in [-0.39, 0.29) is 6.29 Å². The summed E-state index contributed by atoms with van der Waals surface area (Å²) in [7, 11) is 1.78. The molecule has 1 aliphatic heterocycles. The lowest BCUT2D eigenvalue weighted by atomic mass is 9.72. The van der Waals surface area contributed by atoms with E-state index in [0.717, 1.165) is 19.3 Å². The molecule has 0 radical (unpaired) electrons. The van der Waals surface area contributed by atoms with E-state index in [1.54, 1.807) is 18.4 Å². The molecular formula is C15H22O3S. The van der Waals surface area contributed by atoms with Crippen LogP contribution in [0.5, 0.6) is 0 Å². The lowest BCUT2D eigenvalue weighted by molar-refractivity contribution is -0.282. The Hall–Kier alpha value is -0.420. The summed E-state index contributed by atoms with van der Waals surface area (Å²) in [6.07, 6.45) is 4.22. The number of ether oxygens (including phenoxy) is 3. The molecule has 1 aromatic heterocycles. The Balaban J connectivity index is 1.85. The van der Waals surface area contributed by atoms with E-state index in [1.165, 1.54) is 12.0 Å². The van der Waals surface area contributed by atoms with Gasteiger partial charge in [-0.3, -0.25) is 0 Å². The summed E-state index contributed by atoms with van der Waals surface area (Å²) in [4.78, 5) is 0. The molecule has 19 heavy (non-hydrogen) atoms. The molecular weight excluding hydrogens is 260 g/mol. The monoisotopic (exact) mass is 282 g/mol. The molecule has 0 aromatic carbocycles. The Labute approximate surface area is 118 Å². The second-order valence-corrected chi connectivity index (χ2v) is 6.20. The predicted molar refractivity (Wildman–Crippen MR) is 75.3 cm³/mol. The van der Waals surface area contributed by atoms with Gasteiger partial charge in [0, 0.05) is 32.5 Å². The van der Waals surface area contributed by atoms with Gasteiger partial charge in [0.25, 0.3) is 0 Å². The highest BCUT2D eigenvalue weighted by Gasteiger charge is 2.54. The number of hydrogen-bond donors (Lipinski definition) is 0. The van der Waals surface area contributed by atoms with Gasteiger partial charge in [-0.15, -0.1) is 0 Å². The van der Waals surface area contributed by atoms with Crippen LogP contribution in [-0.4, -0.2) is 25.8 Å². The summed E-state index contributed by atoms with van der Waals surface area (Å²) < 4.78 is 17.6. The van der Waals surface area contributed by atoms with E-state index in [0.29, 0.717) is 18.4 Å². The van der Waals surface area contributed by atoms with Crippen molar-refractivity contribution in [3.8, 4) is 0 Å². The molecule has 0 N–H and O–H groups in total. The molecule has 4 atom stereocenters. The van der Waals surface area contributed by atoms with Crippen molar-refractivity contribution in [1.29, 1.82) is 0 Å². The minimum Gasteiger partial charge on any atom is -0.353 e. The summed E-state index contributed by atoms with van der Waals surface area (Å²) in [5.74, 6) is 0.535. The zero-order chi connectivity index (χ0) is 13.3. The third-order valence-electron chi connectivity index (χ3n) is 4.54. The maximum absolute atomic E-state index is 6.13. The van der Waals surface area contributed by atoms with Gasteiger partial charge in [0.1, 0.15) is 0 Å². The molecule has 2 aliphatic rings. The first-order valence-electron chi connectivity index (χ1n) is 7.15. The fourth-order valence-corrected chi connectivity index (χ4v) is 4.43. The van der Waals surface area contributed by atoms with Gasteiger partial charge in [0.2, 0.25) is 0 Å². The van der Waals surface area contributed by atoms with Gasteiger partial charge in [0.05, 0.1) is 0 Å². The standard InChI is InChI=1S/C15H22O3S/c1-3-17-14-9-13-12(11-6-8-19-10-11)5-4-7-15(13,16-2)18-14/h6,8,10,12-14H,3-5,7,9H2,1-2H3. The largest absolute Gasteiger partial charge is 0.353 e. The molecule has 1 saturated heterocycles. The first kappa shape index (κ1) is 13.6. The van der Waals surface area contributed by atoms with Crippen molar-refractivity contribution in [3.05, 3.63) is 22.4 Å². The van der Waals surface area contributed by atoms with Gasteiger partial charge < -0.3 is 14.2 Å². The zero-order valence-corrected chi connectivity index (χ0v) is 12.4. The first-order chi connectivity index (χ1) is 9.29. The van der Waals surface area contributed by atoms with E-state index in [2.05, 4.69) is 16.8 Å². The average molecular weight is 282 g/mol. The van der Waals surface area contributed by atoms with Crippen LogP contribution < -0.4 is 0 Å². The van der Waals surface area contributed by atoms with Crippen LogP contribution in [0.4, 0.5) is 0 Å². The summed E-state index contributed by atoms with van der Waals surface area (Å²) in [5, 5.41) is 4.43. The summed E-state index contributed by atoms with van der Waals surface area (Å²) in [6.45, 7) is 2.71. The summed E-state index contributed by atoms with van der Waals surface area (Å²) in [6, 6.07) is 2.25. The molecule has 2 heterocycles. The Bertz CT molecular complexity index is 406. The molecule has 106 valence electrons. The highest BCUT2D eigenvalue weighted by atomic mass is 32.1. The first-order valence-corrected chi connectivity index (χ1v) is 8.10. The van der Waals surface area contributed by atoms with Crippen LogP contribution in [0.2, 0.25) is 0 Å². The fraction of sp³-hybridized carbons (Fsp3) is 0.733. The van der Waals surface area contributed by atoms with Crippen molar-refractivity contribution in [2.75, 3.05) is 13.7 Å². The topological polar surface area (TPSA) is 27.7 Å². The van der Waals surface area contributed by atoms with Crippen molar-refractivity contribution in [3.63, 3.8) is 0 Å². The molecule has 1 aromatic rings. The second-order valence-electron chi connectivity index (χ2n) is 5.42. The van der Waals surface area contributed by atoms with Crippen LogP contribution in [-0.2, 0) is 14.2 Å². The molecule has 3 rings (SSSR count). The lowest BCUT2D eigenvalue weighted by Gasteiger charge is -2.41. The van der Waals surface area contributed by atoms with Gasteiger partial charge >= 0.3 is 0 Å². The Morgan fingerprint density at radius 1 is 1.53 bits per heavy atom. The normalized spacial score (nSPS) is 38.3. The van der Waals surface area contributed by atoms with Crippen LogP contribution >= 0.6 is 11.3 Å². The molecule has 2 fully saturated rings. The number of thiophene rings is 1. The van der Waals surface area contributed by atoms with Gasteiger partial charge in [-0.25, -0.2) is 0 Å². The van der Waals surface area contributed by atoms with Gasteiger partial charge in [0.15, 0.2) is 12.1 Å². The maximum atomic E-state index is 6.13. The van der Waals surface area contributed by atoms with Crippen molar-refractivity contribution in [1.82, 2.24) is 0 Å². The van der Waals surface area contributed by atoms with Crippen LogP contribution in [0.1, 0.15) is 44.1 Å². The maximum Gasteiger partial charge on any atom is 0.174 e. The van der Waals surface area contributed by atoms with Crippen LogP contribution in [0.25, 0.3) is 0 Å². The predicted octanol–water partition coefficient (Wildman–Crippen LogP) is 3.76. The van der Waals surface area contributed by atoms with Crippen molar-refractivity contribution >= 4 is 11.3 Å². The van der Waals surface area contributed by atoms with Crippen molar-refractivity contribution in [2.24, 2.45) is 5.92 Å². The van der Waals surface area contributed by atoms with E-state index >= 15 is 0 Å². The molecule has 0 amide bonds. The highest BCUT2D eigenvalue weighted by molar-refractivity contribution is 7.07. The van der Waals surface area contributed by atoms with Crippen LogP contribution in [0.15, 0.2) is 16.8 Å². The van der Waals surface area contributed by atoms with Gasteiger partial charge in [-0.2, -0.15) is 11.3 Å². The molecule has 1 saturated carbocycles. The SMILES string of the molecule is CCOC1CC2C(c3ccsc3)CCCC2(OC)O1. The lowest BCUT2D eigenvalue weighted by Crippen LogP contribution is -2.43. The zero-order valence-electron chi connectivity index (χ0n) is 11.6. The average Bonchev–Trinajstić information content (AvgIpc) is 3.05. The molecule has 0 bridgehead atoms. The minimum absolute atomic E-state index is 0.103. The van der Waals surface area contributed by atoms with E-state index in [4.69, 9.17) is 14.2 Å². The minimum atomic E-state index is -0.426. The van der Waals surface area contributed by atoms with Crippen LogP contribution in [0, 0.1) is 5.92 Å². The number of rotatable bonds is 4. The van der Waals surface area contributed by atoms with Gasteiger partial charge in [-0.05, 0) is 48.1 Å². The Morgan fingerprint density at radius 2 is 2.42 bits per heavy atom. The third-order valence-corrected chi connectivity index (χ3v) is 5.24. The Kier molecular flexibility index (Phi) is 3.94. The number of fused-ring (bicyclic) bond motifs is 1. The third kappa shape index (κ3) is 2.35.